The summed E-state index contributed by atoms with van der Waals surface area (Å²) in [6.07, 6.45) is 4.08. The predicted molar refractivity (Wildman–Crippen MR) is 128 cm³/mol. The van der Waals surface area contributed by atoms with E-state index in [1.54, 1.807) is 28.2 Å². The first kappa shape index (κ1) is 22.2. The minimum Gasteiger partial charge on any atom is -0.376 e. The lowest BCUT2D eigenvalue weighted by atomic mass is 10.2. The van der Waals surface area contributed by atoms with Crippen LogP contribution in [-0.2, 0) is 27.1 Å². The molecule has 0 N–H and O–H groups in total. The summed E-state index contributed by atoms with van der Waals surface area (Å²) in [5.41, 5.74) is 2.68. The molecule has 5 rings (SSSR count). The maximum atomic E-state index is 13.0. The number of imidazole rings is 1. The molecule has 0 bridgehead atoms. The van der Waals surface area contributed by atoms with E-state index in [1.807, 2.05) is 30.3 Å². The summed E-state index contributed by atoms with van der Waals surface area (Å²) in [6.45, 7) is 2.68. The van der Waals surface area contributed by atoms with Gasteiger partial charge in [-0.1, -0.05) is 41.6 Å². The van der Waals surface area contributed by atoms with E-state index in [4.69, 9.17) is 21.3 Å². The molecule has 0 unspecified atom stereocenters. The largest absolute Gasteiger partial charge is 0.376 e. The molecule has 3 heterocycles. The lowest BCUT2D eigenvalue weighted by Crippen LogP contribution is -2.27. The zero-order chi connectivity index (χ0) is 22.1. The van der Waals surface area contributed by atoms with Crippen molar-refractivity contribution in [2.24, 2.45) is 0 Å². The highest BCUT2D eigenvalue weighted by Gasteiger charge is 2.28. The van der Waals surface area contributed by atoms with Crippen molar-refractivity contribution in [1.29, 1.82) is 0 Å². The molecule has 1 aromatic heterocycles. The number of aromatic nitrogens is 2. The van der Waals surface area contributed by atoms with Gasteiger partial charge in [0, 0.05) is 30.5 Å². The van der Waals surface area contributed by atoms with Crippen molar-refractivity contribution in [1.82, 2.24) is 13.9 Å². The highest BCUT2D eigenvalue weighted by Crippen LogP contribution is 2.32. The summed E-state index contributed by atoms with van der Waals surface area (Å²) in [5.74, 6) is 0.688. The fraction of sp³-hybridized carbons (Fsp3) is 0.435. The molecule has 32 heavy (non-hydrogen) atoms. The Labute approximate surface area is 198 Å². The van der Waals surface area contributed by atoms with Crippen LogP contribution in [0.1, 0.15) is 31.2 Å². The van der Waals surface area contributed by atoms with Crippen molar-refractivity contribution in [2.45, 2.75) is 54.1 Å². The maximum Gasteiger partial charge on any atom is 0.243 e. The molecule has 0 spiro atoms. The fourth-order valence-corrected chi connectivity index (χ4v) is 7.21. The molecule has 2 aliphatic rings. The first-order chi connectivity index (χ1) is 15.5. The van der Waals surface area contributed by atoms with Crippen LogP contribution in [0, 0.1) is 0 Å². The quantitative estimate of drug-likeness (QED) is 0.438. The van der Waals surface area contributed by atoms with Crippen molar-refractivity contribution >= 4 is 44.4 Å². The molecule has 3 aromatic rings. The second-order valence-electron chi connectivity index (χ2n) is 8.28. The van der Waals surface area contributed by atoms with Crippen molar-refractivity contribution in [3.8, 4) is 0 Å². The van der Waals surface area contributed by atoms with Gasteiger partial charge in [-0.3, -0.25) is 0 Å². The van der Waals surface area contributed by atoms with Crippen molar-refractivity contribution < 1.29 is 13.2 Å². The number of ether oxygens (including phenoxy) is 1. The normalized spacial score (nSPS) is 19.8. The summed E-state index contributed by atoms with van der Waals surface area (Å²) < 4.78 is 35.7. The maximum absolute atomic E-state index is 13.0. The van der Waals surface area contributed by atoms with Gasteiger partial charge >= 0.3 is 0 Å². The Morgan fingerprint density at radius 2 is 1.94 bits per heavy atom. The van der Waals surface area contributed by atoms with Crippen LogP contribution in [0.3, 0.4) is 0 Å². The Hall–Kier alpha value is -1.58. The van der Waals surface area contributed by atoms with Gasteiger partial charge in [0.05, 0.1) is 28.6 Å². The van der Waals surface area contributed by atoms with E-state index >= 15 is 0 Å². The smallest absolute Gasteiger partial charge is 0.243 e. The average molecular weight is 492 g/mol. The van der Waals surface area contributed by atoms with E-state index in [9.17, 15) is 8.42 Å². The zero-order valence-electron chi connectivity index (χ0n) is 17.7. The molecular formula is C23H26ClN3O3S2. The third kappa shape index (κ3) is 4.43. The Bertz CT molecular complexity index is 1220. The standard InChI is InChI=1S/C23H26ClN3O3S2/c24-20-8-2-1-6-17(20)16-31-23-25-21-14-19(32(28,29)26-11-3-4-12-26)9-10-22(21)27(23)15-18-7-5-13-30-18/h1-2,6,8-10,14,18H,3-5,7,11-13,15-16H2/t18-/m1/s1. The number of halogens is 1. The van der Waals surface area contributed by atoms with Gasteiger partial charge in [-0.05, 0) is 55.5 Å². The predicted octanol–water partition coefficient (Wildman–Crippen LogP) is 4.95. The van der Waals surface area contributed by atoms with Crippen LogP contribution in [0.2, 0.25) is 5.02 Å². The number of rotatable bonds is 7. The van der Waals surface area contributed by atoms with Crippen molar-refractivity contribution in [3.63, 3.8) is 0 Å². The van der Waals surface area contributed by atoms with Gasteiger partial charge in [0.25, 0.3) is 0 Å². The number of benzene rings is 2. The monoisotopic (exact) mass is 491 g/mol. The number of sulfonamides is 1. The minimum atomic E-state index is -3.48. The molecule has 6 nitrogen and oxygen atoms in total. The lowest BCUT2D eigenvalue weighted by Gasteiger charge is -2.16. The van der Waals surface area contributed by atoms with Crippen LogP contribution in [-0.4, -0.2) is 48.1 Å². The Morgan fingerprint density at radius 3 is 2.69 bits per heavy atom. The van der Waals surface area contributed by atoms with Crippen LogP contribution in [0.4, 0.5) is 0 Å². The topological polar surface area (TPSA) is 64.4 Å². The fourth-order valence-electron chi connectivity index (χ4n) is 4.36. The van der Waals surface area contributed by atoms with Gasteiger partial charge in [0.2, 0.25) is 10.0 Å². The Morgan fingerprint density at radius 1 is 1.12 bits per heavy atom. The summed E-state index contributed by atoms with van der Waals surface area (Å²) in [6, 6.07) is 13.1. The van der Waals surface area contributed by atoms with Gasteiger partial charge in [-0.2, -0.15) is 4.31 Å². The molecule has 0 amide bonds. The van der Waals surface area contributed by atoms with E-state index in [1.165, 1.54) is 0 Å². The molecule has 0 radical (unpaired) electrons. The number of hydrogen-bond donors (Lipinski definition) is 0. The number of fused-ring (bicyclic) bond motifs is 1. The lowest BCUT2D eigenvalue weighted by molar-refractivity contribution is 0.0960. The SMILES string of the molecule is O=S(=O)(c1ccc2c(c1)nc(SCc1ccccc1Cl)n2C[C@H]1CCCO1)N1CCCC1. The van der Waals surface area contributed by atoms with Crippen LogP contribution < -0.4 is 0 Å². The number of hydrogen-bond acceptors (Lipinski definition) is 5. The minimum absolute atomic E-state index is 0.153. The van der Waals surface area contributed by atoms with Crippen LogP contribution in [0.25, 0.3) is 11.0 Å². The van der Waals surface area contributed by atoms with E-state index in [2.05, 4.69) is 4.57 Å². The molecule has 2 saturated heterocycles. The van der Waals surface area contributed by atoms with Crippen LogP contribution in [0.5, 0.6) is 0 Å². The average Bonchev–Trinajstić information content (AvgIpc) is 3.55. The third-order valence-corrected chi connectivity index (χ3v) is 9.40. The van der Waals surface area contributed by atoms with Crippen LogP contribution in [0.15, 0.2) is 52.5 Å². The Balaban J connectivity index is 1.49. The molecule has 2 aromatic carbocycles. The van der Waals surface area contributed by atoms with Gasteiger partial charge in [0.15, 0.2) is 5.16 Å². The van der Waals surface area contributed by atoms with Gasteiger partial charge in [-0.15, -0.1) is 0 Å². The highest BCUT2D eigenvalue weighted by molar-refractivity contribution is 7.98. The third-order valence-electron chi connectivity index (χ3n) is 6.11. The van der Waals surface area contributed by atoms with E-state index in [-0.39, 0.29) is 6.10 Å². The summed E-state index contributed by atoms with van der Waals surface area (Å²) >= 11 is 7.96. The zero-order valence-corrected chi connectivity index (χ0v) is 20.1. The van der Waals surface area contributed by atoms with Gasteiger partial charge in [-0.25, -0.2) is 13.4 Å². The van der Waals surface area contributed by atoms with Crippen molar-refractivity contribution in [3.05, 3.63) is 53.1 Å². The van der Waals surface area contributed by atoms with Crippen molar-refractivity contribution in [2.75, 3.05) is 19.7 Å². The molecule has 2 fully saturated rings. The summed E-state index contributed by atoms with van der Waals surface area (Å²) in [7, 11) is -3.48. The second kappa shape index (κ2) is 9.35. The molecule has 2 aliphatic heterocycles. The second-order valence-corrected chi connectivity index (χ2v) is 11.6. The van der Waals surface area contributed by atoms with Gasteiger partial charge < -0.3 is 9.30 Å². The van der Waals surface area contributed by atoms with Crippen LogP contribution >= 0.6 is 23.4 Å². The van der Waals surface area contributed by atoms with E-state index in [0.29, 0.717) is 35.8 Å². The molecule has 1 atom stereocenters. The number of nitrogens with zero attached hydrogens (tertiary/aromatic N) is 3. The number of thioether (sulfide) groups is 1. The van der Waals surface area contributed by atoms with E-state index < -0.39 is 10.0 Å². The molecule has 0 saturated carbocycles. The summed E-state index contributed by atoms with van der Waals surface area (Å²) in [4.78, 5) is 5.16. The first-order valence-electron chi connectivity index (χ1n) is 11.0. The molecular weight excluding hydrogens is 466 g/mol. The highest BCUT2D eigenvalue weighted by atomic mass is 35.5. The summed E-state index contributed by atoms with van der Waals surface area (Å²) in [5, 5.41) is 1.59. The first-order valence-corrected chi connectivity index (χ1v) is 13.8. The molecule has 9 heteroatoms. The molecule has 0 aliphatic carbocycles. The Kier molecular flexibility index (Phi) is 6.49. The van der Waals surface area contributed by atoms with E-state index in [0.717, 1.165) is 53.5 Å². The van der Waals surface area contributed by atoms with Gasteiger partial charge in [0.1, 0.15) is 0 Å². The molecule has 170 valence electrons.